The molecule has 2 rings (SSSR count). The normalized spacial score (nSPS) is 22.4. The second-order valence-electron chi connectivity index (χ2n) is 5.04. The topological polar surface area (TPSA) is 35.8 Å². The van der Waals surface area contributed by atoms with E-state index in [9.17, 15) is 8.78 Å². The van der Waals surface area contributed by atoms with Crippen LogP contribution in [0, 0.1) is 23.0 Å². The van der Waals surface area contributed by atoms with Crippen molar-refractivity contribution < 1.29 is 8.78 Å². The second kappa shape index (κ2) is 5.89. The molecule has 102 valence electrons. The van der Waals surface area contributed by atoms with Gasteiger partial charge in [0, 0.05) is 23.4 Å². The lowest BCUT2D eigenvalue weighted by Gasteiger charge is -2.23. The van der Waals surface area contributed by atoms with Crippen LogP contribution in [0.4, 0.5) is 8.78 Å². The Hall–Kier alpha value is -1.12. The number of hydrogen-bond donors (Lipinski definition) is 1. The molecular weight excluding hydrogens is 266 g/mol. The second-order valence-corrected chi connectivity index (χ2v) is 6.72. The molecule has 1 saturated heterocycles. The van der Waals surface area contributed by atoms with Gasteiger partial charge in [-0.3, -0.25) is 0 Å². The predicted molar refractivity (Wildman–Crippen MR) is 72.9 cm³/mol. The first-order valence-electron chi connectivity index (χ1n) is 6.27. The smallest absolute Gasteiger partial charge is 0.131 e. The Morgan fingerprint density at radius 3 is 2.63 bits per heavy atom. The van der Waals surface area contributed by atoms with Gasteiger partial charge in [0.05, 0.1) is 11.6 Å². The molecule has 1 aromatic carbocycles. The fourth-order valence-corrected chi connectivity index (χ4v) is 3.54. The van der Waals surface area contributed by atoms with E-state index in [-0.39, 0.29) is 22.4 Å². The minimum atomic E-state index is -0.659. The highest BCUT2D eigenvalue weighted by Gasteiger charge is 2.28. The molecule has 1 aliphatic rings. The molecule has 1 aliphatic heterocycles. The predicted octanol–water partition coefficient (Wildman–Crippen LogP) is 3.21. The van der Waals surface area contributed by atoms with Crippen molar-refractivity contribution in [1.82, 2.24) is 5.32 Å². The zero-order valence-electron chi connectivity index (χ0n) is 10.8. The van der Waals surface area contributed by atoms with Gasteiger partial charge >= 0.3 is 0 Å². The summed E-state index contributed by atoms with van der Waals surface area (Å²) in [6, 6.07) is 3.89. The Balaban J connectivity index is 1.98. The van der Waals surface area contributed by atoms with Crippen LogP contribution >= 0.6 is 11.8 Å². The van der Waals surface area contributed by atoms with E-state index in [1.807, 2.05) is 11.8 Å². The first kappa shape index (κ1) is 14.3. The lowest BCUT2D eigenvalue weighted by atomic mass is 10.1. The first-order valence-corrected chi connectivity index (χ1v) is 7.25. The summed E-state index contributed by atoms with van der Waals surface area (Å²) < 4.78 is 27.5. The molecule has 0 saturated carbocycles. The van der Waals surface area contributed by atoms with Crippen molar-refractivity contribution >= 4 is 11.8 Å². The van der Waals surface area contributed by atoms with Gasteiger partial charge in [-0.25, -0.2) is 8.78 Å². The third-order valence-corrected chi connectivity index (χ3v) is 4.91. The summed E-state index contributed by atoms with van der Waals surface area (Å²) in [5.74, 6) is -0.167. The average Bonchev–Trinajstić information content (AvgIpc) is 2.79. The lowest BCUT2D eigenvalue weighted by molar-refractivity contribution is 0.503. The number of thioether (sulfide) groups is 1. The van der Waals surface area contributed by atoms with Crippen LogP contribution in [-0.4, -0.2) is 17.0 Å². The Bertz CT molecular complexity index is 482. The SMILES string of the molecule is CC1(CNCc2c(F)cc(C#N)cc2F)CCCS1. The quantitative estimate of drug-likeness (QED) is 0.921. The molecule has 5 heteroatoms. The molecule has 19 heavy (non-hydrogen) atoms. The summed E-state index contributed by atoms with van der Waals surface area (Å²) in [6.07, 6.45) is 2.32. The monoisotopic (exact) mass is 282 g/mol. The van der Waals surface area contributed by atoms with Crippen LogP contribution in [0.15, 0.2) is 12.1 Å². The Morgan fingerprint density at radius 1 is 1.42 bits per heavy atom. The van der Waals surface area contributed by atoms with E-state index in [1.165, 1.54) is 6.42 Å². The van der Waals surface area contributed by atoms with Crippen LogP contribution < -0.4 is 5.32 Å². The maximum atomic E-state index is 13.7. The molecule has 0 amide bonds. The summed E-state index contributed by atoms with van der Waals surface area (Å²) in [5, 5.41) is 11.7. The van der Waals surface area contributed by atoms with Crippen LogP contribution in [-0.2, 0) is 6.54 Å². The van der Waals surface area contributed by atoms with Crippen molar-refractivity contribution in [3.05, 3.63) is 34.9 Å². The van der Waals surface area contributed by atoms with Gasteiger partial charge < -0.3 is 5.32 Å². The molecule has 0 bridgehead atoms. The van der Waals surface area contributed by atoms with Crippen molar-refractivity contribution in [2.24, 2.45) is 0 Å². The molecule has 0 spiro atoms. The summed E-state index contributed by atoms with van der Waals surface area (Å²) in [6.45, 7) is 3.05. The Kier molecular flexibility index (Phi) is 4.43. The number of halogens is 2. The van der Waals surface area contributed by atoms with Crippen LogP contribution in [0.25, 0.3) is 0 Å². The highest BCUT2D eigenvalue weighted by atomic mass is 32.2. The number of benzene rings is 1. The van der Waals surface area contributed by atoms with Crippen molar-refractivity contribution in [2.45, 2.75) is 31.1 Å². The summed E-state index contributed by atoms with van der Waals surface area (Å²) >= 11 is 1.90. The van der Waals surface area contributed by atoms with Crippen molar-refractivity contribution in [2.75, 3.05) is 12.3 Å². The molecule has 1 fully saturated rings. The Labute approximate surface area is 116 Å². The highest BCUT2D eigenvalue weighted by Crippen LogP contribution is 2.37. The third-order valence-electron chi connectivity index (χ3n) is 3.37. The van der Waals surface area contributed by atoms with Gasteiger partial charge in [0.1, 0.15) is 11.6 Å². The van der Waals surface area contributed by atoms with Gasteiger partial charge in [-0.2, -0.15) is 17.0 Å². The fraction of sp³-hybridized carbons (Fsp3) is 0.500. The average molecular weight is 282 g/mol. The van der Waals surface area contributed by atoms with Gasteiger partial charge in [-0.1, -0.05) is 0 Å². The van der Waals surface area contributed by atoms with Gasteiger partial charge in [-0.05, 0) is 37.7 Å². The minimum absolute atomic E-state index is 0.00518. The first-order chi connectivity index (χ1) is 9.04. The molecule has 0 aliphatic carbocycles. The number of nitrogens with zero attached hydrogens (tertiary/aromatic N) is 1. The maximum Gasteiger partial charge on any atom is 0.131 e. The number of nitriles is 1. The molecule has 1 atom stereocenters. The fourth-order valence-electron chi connectivity index (χ4n) is 2.26. The Morgan fingerprint density at radius 2 is 2.11 bits per heavy atom. The zero-order chi connectivity index (χ0) is 13.9. The summed E-state index contributed by atoms with van der Waals surface area (Å²) in [4.78, 5) is 0. The molecule has 0 radical (unpaired) electrons. The molecule has 0 aromatic heterocycles. The molecular formula is C14H16F2N2S. The van der Waals surface area contributed by atoms with Crippen LogP contribution in [0.2, 0.25) is 0 Å². The van der Waals surface area contributed by atoms with E-state index in [4.69, 9.17) is 5.26 Å². The number of nitrogens with one attached hydrogen (secondary N) is 1. The molecule has 1 aromatic rings. The van der Waals surface area contributed by atoms with E-state index >= 15 is 0 Å². The van der Waals surface area contributed by atoms with Gasteiger partial charge in [-0.15, -0.1) is 0 Å². The van der Waals surface area contributed by atoms with Gasteiger partial charge in [0.15, 0.2) is 0 Å². The van der Waals surface area contributed by atoms with Gasteiger partial charge in [0.25, 0.3) is 0 Å². The van der Waals surface area contributed by atoms with Crippen LogP contribution in [0.5, 0.6) is 0 Å². The standard InChI is InChI=1S/C14H16F2N2S/c1-14(3-2-4-19-14)9-18-8-11-12(15)5-10(7-17)6-13(11)16/h5-6,18H,2-4,8-9H2,1H3. The van der Waals surface area contributed by atoms with E-state index in [0.29, 0.717) is 0 Å². The largest absolute Gasteiger partial charge is 0.311 e. The molecule has 1 unspecified atom stereocenters. The van der Waals surface area contributed by atoms with E-state index < -0.39 is 11.6 Å². The van der Waals surface area contributed by atoms with Crippen molar-refractivity contribution in [3.63, 3.8) is 0 Å². The lowest BCUT2D eigenvalue weighted by Crippen LogP contribution is -2.32. The van der Waals surface area contributed by atoms with E-state index in [1.54, 1.807) is 6.07 Å². The van der Waals surface area contributed by atoms with E-state index in [2.05, 4.69) is 12.2 Å². The molecule has 2 nitrogen and oxygen atoms in total. The maximum absolute atomic E-state index is 13.7. The third kappa shape index (κ3) is 3.46. The molecule has 1 heterocycles. The minimum Gasteiger partial charge on any atom is -0.311 e. The summed E-state index contributed by atoms with van der Waals surface area (Å²) in [7, 11) is 0. The number of rotatable bonds is 4. The van der Waals surface area contributed by atoms with Crippen molar-refractivity contribution in [3.8, 4) is 6.07 Å². The summed E-state index contributed by atoms with van der Waals surface area (Å²) in [5.41, 5.74) is 0.0163. The van der Waals surface area contributed by atoms with Gasteiger partial charge in [0.2, 0.25) is 0 Å². The van der Waals surface area contributed by atoms with E-state index in [0.717, 1.165) is 30.9 Å². The van der Waals surface area contributed by atoms with Crippen molar-refractivity contribution in [1.29, 1.82) is 5.26 Å². The van der Waals surface area contributed by atoms with Crippen LogP contribution in [0.3, 0.4) is 0 Å². The molecule has 1 N–H and O–H groups in total. The highest BCUT2D eigenvalue weighted by molar-refractivity contribution is 8.00. The van der Waals surface area contributed by atoms with Crippen LogP contribution in [0.1, 0.15) is 30.9 Å². The number of hydrogen-bond acceptors (Lipinski definition) is 3. The zero-order valence-corrected chi connectivity index (χ0v) is 11.6.